The van der Waals surface area contributed by atoms with E-state index in [1.54, 1.807) is 0 Å². The van der Waals surface area contributed by atoms with Crippen molar-refractivity contribution in [3.8, 4) is 0 Å². The van der Waals surface area contributed by atoms with Gasteiger partial charge in [0.2, 0.25) is 5.91 Å². The molecule has 0 aliphatic carbocycles. The maximum absolute atomic E-state index is 12.3. The highest BCUT2D eigenvalue weighted by Crippen LogP contribution is 2.24. The van der Waals surface area contributed by atoms with Gasteiger partial charge in [0.05, 0.1) is 6.04 Å². The number of carbonyl (C=O) groups excluding carboxylic acids is 1. The molecule has 1 aromatic rings. The molecule has 1 unspecified atom stereocenters. The van der Waals surface area contributed by atoms with E-state index < -0.39 is 0 Å². The number of benzene rings is 1. The Morgan fingerprint density at radius 2 is 2.05 bits per heavy atom. The molecule has 0 bridgehead atoms. The summed E-state index contributed by atoms with van der Waals surface area (Å²) in [6, 6.07) is 8.03. The smallest absolute Gasteiger partial charge is 0.241 e. The van der Waals surface area contributed by atoms with Gasteiger partial charge in [-0.1, -0.05) is 44.9 Å². The third kappa shape index (κ3) is 3.80. The second-order valence-electron chi connectivity index (χ2n) is 5.59. The minimum absolute atomic E-state index is 0.0391. The lowest BCUT2D eigenvalue weighted by atomic mass is 10.0. The van der Waals surface area contributed by atoms with Crippen molar-refractivity contribution in [3.63, 3.8) is 0 Å². The first-order valence-electron chi connectivity index (χ1n) is 7.31. The lowest BCUT2D eigenvalue weighted by molar-refractivity contribution is -0.118. The summed E-state index contributed by atoms with van der Waals surface area (Å²) >= 11 is 0. The van der Waals surface area contributed by atoms with E-state index in [2.05, 4.69) is 30.5 Å². The predicted molar refractivity (Wildman–Crippen MR) is 79.4 cm³/mol. The van der Waals surface area contributed by atoms with Gasteiger partial charge in [-0.05, 0) is 36.9 Å². The maximum atomic E-state index is 12.3. The summed E-state index contributed by atoms with van der Waals surface area (Å²) in [4.78, 5) is 12.3. The van der Waals surface area contributed by atoms with Crippen LogP contribution in [0.25, 0.3) is 0 Å². The summed E-state index contributed by atoms with van der Waals surface area (Å²) < 4.78 is 0. The van der Waals surface area contributed by atoms with E-state index in [0.717, 1.165) is 25.1 Å². The Balaban J connectivity index is 2.05. The molecule has 1 heterocycles. The number of hydrogen-bond acceptors (Lipinski definition) is 2. The first kappa shape index (κ1) is 14.1. The number of carbonyl (C=O) groups is 1. The van der Waals surface area contributed by atoms with Crippen LogP contribution in [-0.2, 0) is 4.79 Å². The van der Waals surface area contributed by atoms with Crippen LogP contribution in [0.15, 0.2) is 24.3 Å². The molecule has 1 atom stereocenters. The van der Waals surface area contributed by atoms with Crippen LogP contribution < -0.4 is 10.6 Å². The Morgan fingerprint density at radius 3 is 2.84 bits per heavy atom. The lowest BCUT2D eigenvalue weighted by Gasteiger charge is -2.18. The summed E-state index contributed by atoms with van der Waals surface area (Å²) in [5.74, 6) is 0.522. The molecular formula is C16H24N2O. The van der Waals surface area contributed by atoms with Crippen LogP contribution in [0.2, 0.25) is 0 Å². The minimum atomic E-state index is -0.0391. The van der Waals surface area contributed by atoms with Gasteiger partial charge in [-0.25, -0.2) is 0 Å². The average molecular weight is 260 g/mol. The molecule has 2 rings (SSSR count). The summed E-state index contributed by atoms with van der Waals surface area (Å²) in [5.41, 5.74) is 2.15. The number of hydrogen-bond donors (Lipinski definition) is 2. The third-order valence-electron chi connectivity index (χ3n) is 3.72. The van der Waals surface area contributed by atoms with Crippen molar-refractivity contribution in [3.05, 3.63) is 29.8 Å². The van der Waals surface area contributed by atoms with Crippen molar-refractivity contribution in [1.82, 2.24) is 5.32 Å². The molecule has 0 spiro atoms. The van der Waals surface area contributed by atoms with Crippen LogP contribution in [0.1, 0.15) is 51.0 Å². The average Bonchev–Trinajstić information content (AvgIpc) is 2.68. The van der Waals surface area contributed by atoms with E-state index >= 15 is 0 Å². The number of anilines is 1. The molecule has 0 radical (unpaired) electrons. The van der Waals surface area contributed by atoms with Crippen molar-refractivity contribution in [2.24, 2.45) is 0 Å². The molecule has 1 amide bonds. The molecule has 2 N–H and O–H groups in total. The highest BCUT2D eigenvalue weighted by Gasteiger charge is 2.20. The van der Waals surface area contributed by atoms with Gasteiger partial charge < -0.3 is 10.6 Å². The predicted octanol–water partition coefficient (Wildman–Crippen LogP) is 3.28. The van der Waals surface area contributed by atoms with Crippen molar-refractivity contribution in [2.45, 2.75) is 51.5 Å². The first-order valence-corrected chi connectivity index (χ1v) is 7.31. The zero-order valence-corrected chi connectivity index (χ0v) is 11.9. The van der Waals surface area contributed by atoms with Gasteiger partial charge >= 0.3 is 0 Å². The molecule has 3 nitrogen and oxygen atoms in total. The fourth-order valence-corrected chi connectivity index (χ4v) is 2.59. The SMILES string of the molecule is CC(C)c1ccccc1NC(=O)C1CCCCCN1. The fourth-order valence-electron chi connectivity index (χ4n) is 2.59. The largest absolute Gasteiger partial charge is 0.324 e. The summed E-state index contributed by atoms with van der Waals surface area (Å²) in [6.07, 6.45) is 4.47. The van der Waals surface area contributed by atoms with Crippen LogP contribution in [-0.4, -0.2) is 18.5 Å². The monoisotopic (exact) mass is 260 g/mol. The highest BCUT2D eigenvalue weighted by molar-refractivity contribution is 5.95. The standard InChI is InChI=1S/C16H24N2O/c1-12(2)13-8-5-6-9-14(13)18-16(19)15-10-4-3-7-11-17-15/h5-6,8-9,12,15,17H,3-4,7,10-11H2,1-2H3,(H,18,19). The van der Waals surface area contributed by atoms with Gasteiger partial charge in [0.1, 0.15) is 0 Å². The van der Waals surface area contributed by atoms with Gasteiger partial charge in [-0.2, -0.15) is 0 Å². The van der Waals surface area contributed by atoms with E-state index in [-0.39, 0.29) is 11.9 Å². The molecule has 1 aliphatic rings. The second-order valence-corrected chi connectivity index (χ2v) is 5.59. The zero-order valence-electron chi connectivity index (χ0n) is 11.9. The number of para-hydroxylation sites is 1. The van der Waals surface area contributed by atoms with E-state index in [0.29, 0.717) is 5.92 Å². The number of nitrogens with one attached hydrogen (secondary N) is 2. The first-order chi connectivity index (χ1) is 9.18. The van der Waals surface area contributed by atoms with E-state index in [1.165, 1.54) is 18.4 Å². The maximum Gasteiger partial charge on any atom is 0.241 e. The van der Waals surface area contributed by atoms with Gasteiger partial charge in [0.15, 0.2) is 0 Å². The Labute approximate surface area is 115 Å². The molecule has 1 aliphatic heterocycles. The summed E-state index contributed by atoms with van der Waals surface area (Å²) in [7, 11) is 0. The van der Waals surface area contributed by atoms with Crippen molar-refractivity contribution in [2.75, 3.05) is 11.9 Å². The highest BCUT2D eigenvalue weighted by atomic mass is 16.2. The molecule has 104 valence electrons. The van der Waals surface area contributed by atoms with Crippen molar-refractivity contribution in [1.29, 1.82) is 0 Å². The Hall–Kier alpha value is -1.35. The Bertz CT molecular complexity index is 421. The molecule has 1 saturated heterocycles. The summed E-state index contributed by atoms with van der Waals surface area (Å²) in [5, 5.41) is 6.43. The molecule has 19 heavy (non-hydrogen) atoms. The number of amides is 1. The van der Waals surface area contributed by atoms with Crippen LogP contribution in [0.4, 0.5) is 5.69 Å². The van der Waals surface area contributed by atoms with Crippen LogP contribution in [0.5, 0.6) is 0 Å². The zero-order chi connectivity index (χ0) is 13.7. The number of rotatable bonds is 3. The van der Waals surface area contributed by atoms with Gasteiger partial charge in [0, 0.05) is 5.69 Å². The molecule has 1 aromatic carbocycles. The van der Waals surface area contributed by atoms with Crippen LogP contribution >= 0.6 is 0 Å². The molecule has 3 heteroatoms. The topological polar surface area (TPSA) is 41.1 Å². The van der Waals surface area contributed by atoms with Crippen LogP contribution in [0.3, 0.4) is 0 Å². The van der Waals surface area contributed by atoms with E-state index in [1.807, 2.05) is 18.2 Å². The third-order valence-corrected chi connectivity index (χ3v) is 3.72. The lowest BCUT2D eigenvalue weighted by Crippen LogP contribution is -2.40. The second kappa shape index (κ2) is 6.71. The molecule has 0 saturated carbocycles. The minimum Gasteiger partial charge on any atom is -0.324 e. The fraction of sp³-hybridized carbons (Fsp3) is 0.562. The Morgan fingerprint density at radius 1 is 1.26 bits per heavy atom. The summed E-state index contributed by atoms with van der Waals surface area (Å²) in [6.45, 7) is 5.24. The van der Waals surface area contributed by atoms with E-state index in [9.17, 15) is 4.79 Å². The van der Waals surface area contributed by atoms with Crippen molar-refractivity contribution >= 4 is 11.6 Å². The van der Waals surface area contributed by atoms with Gasteiger partial charge in [-0.15, -0.1) is 0 Å². The molecule has 0 aromatic heterocycles. The van der Waals surface area contributed by atoms with E-state index in [4.69, 9.17) is 0 Å². The molecular weight excluding hydrogens is 236 g/mol. The van der Waals surface area contributed by atoms with Crippen LogP contribution in [0, 0.1) is 0 Å². The van der Waals surface area contributed by atoms with Crippen molar-refractivity contribution < 1.29 is 4.79 Å². The normalized spacial score (nSPS) is 20.1. The van der Waals surface area contributed by atoms with Gasteiger partial charge in [0.25, 0.3) is 0 Å². The quantitative estimate of drug-likeness (QED) is 0.875. The molecule has 1 fully saturated rings. The van der Waals surface area contributed by atoms with Gasteiger partial charge in [-0.3, -0.25) is 4.79 Å². The Kier molecular flexibility index (Phi) is 4.97.